The summed E-state index contributed by atoms with van der Waals surface area (Å²) in [5.41, 5.74) is 2.39. The van der Waals surface area contributed by atoms with E-state index in [1.54, 1.807) is 6.92 Å². The van der Waals surface area contributed by atoms with Crippen molar-refractivity contribution in [2.24, 2.45) is 0 Å². The molecule has 2 N–H and O–H groups in total. The third-order valence-electron chi connectivity index (χ3n) is 3.60. The number of hydrogen-bond donors (Lipinski definition) is 2. The van der Waals surface area contributed by atoms with Gasteiger partial charge in [0.25, 0.3) is 0 Å². The minimum atomic E-state index is -0.421. The Morgan fingerprint density at radius 2 is 1.76 bits per heavy atom. The minimum Gasteiger partial charge on any atom is -0.393 e. The van der Waals surface area contributed by atoms with Crippen molar-refractivity contribution in [1.29, 1.82) is 0 Å². The average molecular weight is 292 g/mol. The molecule has 1 amide bonds. The fraction of sp³-hybridized carbons (Fsp3) is 0.588. The molecule has 21 heavy (non-hydrogen) atoms. The van der Waals surface area contributed by atoms with Crippen LogP contribution in [0.4, 0.5) is 0 Å². The number of hydrogen-bond acceptors (Lipinski definition) is 3. The van der Waals surface area contributed by atoms with Gasteiger partial charge in [-0.05, 0) is 37.6 Å². The highest BCUT2D eigenvalue weighted by atomic mass is 16.3. The molecule has 0 saturated heterocycles. The summed E-state index contributed by atoms with van der Waals surface area (Å²) >= 11 is 0. The largest absolute Gasteiger partial charge is 0.393 e. The maximum absolute atomic E-state index is 11.6. The number of aliphatic hydroxyl groups excluding tert-OH is 1. The molecule has 0 aliphatic heterocycles. The molecule has 0 saturated carbocycles. The first-order valence-electron chi connectivity index (χ1n) is 7.80. The molecule has 0 aromatic heterocycles. The Balaban J connectivity index is 2.39. The summed E-state index contributed by atoms with van der Waals surface area (Å²) in [6, 6.07) is 8.37. The third kappa shape index (κ3) is 7.25. The van der Waals surface area contributed by atoms with Crippen molar-refractivity contribution in [1.82, 2.24) is 10.2 Å². The van der Waals surface area contributed by atoms with Crippen LogP contribution in [-0.4, -0.2) is 35.1 Å². The van der Waals surface area contributed by atoms with E-state index < -0.39 is 6.10 Å². The molecule has 4 heteroatoms. The number of carbonyl (C=O) groups excluding carboxylic acids is 1. The summed E-state index contributed by atoms with van der Waals surface area (Å²) in [7, 11) is 0. The van der Waals surface area contributed by atoms with Crippen molar-refractivity contribution in [3.8, 4) is 0 Å². The van der Waals surface area contributed by atoms with Gasteiger partial charge in [0.05, 0.1) is 6.10 Å². The molecule has 0 radical (unpaired) electrons. The van der Waals surface area contributed by atoms with Crippen LogP contribution in [0.15, 0.2) is 24.3 Å². The van der Waals surface area contributed by atoms with E-state index in [0.29, 0.717) is 19.4 Å². The van der Waals surface area contributed by atoms with Gasteiger partial charge in [0, 0.05) is 19.5 Å². The molecule has 1 unspecified atom stereocenters. The summed E-state index contributed by atoms with van der Waals surface area (Å²) in [6.07, 6.45) is 0.460. The summed E-state index contributed by atoms with van der Waals surface area (Å²) < 4.78 is 0. The third-order valence-corrected chi connectivity index (χ3v) is 3.60. The van der Waals surface area contributed by atoms with Gasteiger partial charge in [0.1, 0.15) is 0 Å². The second-order valence-corrected chi connectivity index (χ2v) is 5.44. The molecule has 0 aliphatic rings. The SMILES string of the molecule is CCN(CC)Cc1ccc(CNC(=O)CCC(C)O)cc1. The van der Waals surface area contributed by atoms with Gasteiger partial charge in [-0.15, -0.1) is 0 Å². The zero-order valence-electron chi connectivity index (χ0n) is 13.4. The quantitative estimate of drug-likeness (QED) is 0.734. The van der Waals surface area contributed by atoms with Crippen LogP contribution in [0.25, 0.3) is 0 Å². The second kappa shape index (κ2) is 9.53. The van der Waals surface area contributed by atoms with Crippen LogP contribution < -0.4 is 5.32 Å². The fourth-order valence-electron chi connectivity index (χ4n) is 2.10. The number of nitrogens with one attached hydrogen (secondary N) is 1. The first-order valence-corrected chi connectivity index (χ1v) is 7.80. The van der Waals surface area contributed by atoms with Gasteiger partial charge >= 0.3 is 0 Å². The molecule has 4 nitrogen and oxygen atoms in total. The zero-order chi connectivity index (χ0) is 15.7. The van der Waals surface area contributed by atoms with Gasteiger partial charge in [-0.2, -0.15) is 0 Å². The monoisotopic (exact) mass is 292 g/mol. The highest BCUT2D eigenvalue weighted by Crippen LogP contribution is 2.08. The number of carbonyl (C=O) groups is 1. The number of nitrogens with zero attached hydrogens (tertiary/aromatic N) is 1. The summed E-state index contributed by atoms with van der Waals surface area (Å²) in [4.78, 5) is 13.9. The van der Waals surface area contributed by atoms with Crippen LogP contribution in [0.5, 0.6) is 0 Å². The van der Waals surface area contributed by atoms with Crippen LogP contribution in [0, 0.1) is 0 Å². The Kier molecular flexibility index (Phi) is 8.01. The average Bonchev–Trinajstić information content (AvgIpc) is 2.49. The smallest absolute Gasteiger partial charge is 0.220 e. The van der Waals surface area contributed by atoms with Gasteiger partial charge in [-0.3, -0.25) is 9.69 Å². The van der Waals surface area contributed by atoms with Crippen LogP contribution in [0.2, 0.25) is 0 Å². The van der Waals surface area contributed by atoms with E-state index >= 15 is 0 Å². The van der Waals surface area contributed by atoms with Crippen LogP contribution in [-0.2, 0) is 17.9 Å². The van der Waals surface area contributed by atoms with E-state index in [1.165, 1.54) is 5.56 Å². The van der Waals surface area contributed by atoms with Gasteiger partial charge < -0.3 is 10.4 Å². The van der Waals surface area contributed by atoms with E-state index in [1.807, 2.05) is 0 Å². The van der Waals surface area contributed by atoms with E-state index in [-0.39, 0.29) is 5.91 Å². The predicted octanol–water partition coefficient (Wildman–Crippen LogP) is 2.31. The van der Waals surface area contributed by atoms with Crippen molar-refractivity contribution >= 4 is 5.91 Å². The fourth-order valence-corrected chi connectivity index (χ4v) is 2.10. The highest BCUT2D eigenvalue weighted by Gasteiger charge is 2.05. The van der Waals surface area contributed by atoms with Gasteiger partial charge in [-0.25, -0.2) is 0 Å². The molecule has 1 aromatic carbocycles. The maximum atomic E-state index is 11.6. The molecule has 0 spiro atoms. The number of benzene rings is 1. The molecule has 0 fully saturated rings. The maximum Gasteiger partial charge on any atom is 0.220 e. The standard InChI is InChI=1S/C17H28N2O2/c1-4-19(5-2)13-16-9-7-15(8-10-16)12-18-17(21)11-6-14(3)20/h7-10,14,20H,4-6,11-13H2,1-3H3,(H,18,21). The zero-order valence-corrected chi connectivity index (χ0v) is 13.4. The Hall–Kier alpha value is -1.39. The lowest BCUT2D eigenvalue weighted by molar-refractivity contribution is -0.121. The topological polar surface area (TPSA) is 52.6 Å². The first-order chi connectivity index (χ1) is 10.0. The van der Waals surface area contributed by atoms with Gasteiger partial charge in [-0.1, -0.05) is 38.1 Å². The van der Waals surface area contributed by atoms with Crippen LogP contribution >= 0.6 is 0 Å². The lowest BCUT2D eigenvalue weighted by Crippen LogP contribution is -2.24. The minimum absolute atomic E-state index is 0.0110. The van der Waals surface area contributed by atoms with Crippen molar-refractivity contribution in [2.45, 2.75) is 52.8 Å². The molecule has 1 aromatic rings. The number of rotatable bonds is 9. The normalized spacial score (nSPS) is 12.4. The number of amides is 1. The molecule has 1 rings (SSSR count). The second-order valence-electron chi connectivity index (χ2n) is 5.44. The summed E-state index contributed by atoms with van der Waals surface area (Å²) in [5, 5.41) is 12.0. The molecule has 1 atom stereocenters. The summed E-state index contributed by atoms with van der Waals surface area (Å²) in [6.45, 7) is 9.65. The highest BCUT2D eigenvalue weighted by molar-refractivity contribution is 5.75. The molecule has 0 bridgehead atoms. The lowest BCUT2D eigenvalue weighted by atomic mass is 10.1. The molecule has 0 aliphatic carbocycles. The Morgan fingerprint density at radius 3 is 2.29 bits per heavy atom. The van der Waals surface area contributed by atoms with E-state index in [9.17, 15) is 4.79 Å². The molecular formula is C17H28N2O2. The Labute approximate surface area is 128 Å². The Morgan fingerprint density at radius 1 is 1.19 bits per heavy atom. The lowest BCUT2D eigenvalue weighted by Gasteiger charge is -2.18. The summed E-state index contributed by atoms with van der Waals surface area (Å²) in [5.74, 6) is -0.0110. The molecular weight excluding hydrogens is 264 g/mol. The van der Waals surface area contributed by atoms with Crippen LogP contribution in [0.1, 0.15) is 44.7 Å². The van der Waals surface area contributed by atoms with Crippen molar-refractivity contribution in [3.63, 3.8) is 0 Å². The van der Waals surface area contributed by atoms with Crippen molar-refractivity contribution in [3.05, 3.63) is 35.4 Å². The van der Waals surface area contributed by atoms with Gasteiger partial charge in [0.15, 0.2) is 0 Å². The van der Waals surface area contributed by atoms with E-state index in [2.05, 4.69) is 48.3 Å². The van der Waals surface area contributed by atoms with E-state index in [0.717, 1.165) is 25.2 Å². The molecule has 0 heterocycles. The Bertz CT molecular complexity index is 411. The van der Waals surface area contributed by atoms with Crippen molar-refractivity contribution < 1.29 is 9.90 Å². The number of aliphatic hydroxyl groups is 1. The van der Waals surface area contributed by atoms with Gasteiger partial charge in [0.2, 0.25) is 5.91 Å². The molecule has 118 valence electrons. The predicted molar refractivity (Wildman–Crippen MR) is 85.8 cm³/mol. The van der Waals surface area contributed by atoms with Crippen LogP contribution in [0.3, 0.4) is 0 Å². The van der Waals surface area contributed by atoms with E-state index in [4.69, 9.17) is 5.11 Å². The first kappa shape index (κ1) is 17.7. The van der Waals surface area contributed by atoms with Crippen molar-refractivity contribution in [2.75, 3.05) is 13.1 Å².